The van der Waals surface area contributed by atoms with Crippen molar-refractivity contribution in [3.8, 4) is 5.69 Å². The molecule has 3 aromatic carbocycles. The molecule has 4 rings (SSSR count). The number of carbonyl (C=O) groups excluding carboxylic acids is 1. The second kappa shape index (κ2) is 11.7. The lowest BCUT2D eigenvalue weighted by Gasteiger charge is -2.24. The average molecular weight is 634 g/mol. The SMILES string of the molecule is Cc1cc(/C=N/NC(=O)CN(c2ccc(Cl)cc2Cl)S(=O)(=O)c2ccccc2)c(C)n1-c1ccc(Br)cc1. The Labute approximate surface area is 239 Å². The van der Waals surface area contributed by atoms with Gasteiger partial charge in [-0.25, -0.2) is 13.8 Å². The first-order valence-corrected chi connectivity index (χ1v) is 14.4. The van der Waals surface area contributed by atoms with Gasteiger partial charge in [0.15, 0.2) is 0 Å². The predicted molar refractivity (Wildman–Crippen MR) is 156 cm³/mol. The summed E-state index contributed by atoms with van der Waals surface area (Å²) >= 11 is 15.8. The molecule has 0 aliphatic carbocycles. The lowest BCUT2D eigenvalue weighted by molar-refractivity contribution is -0.119. The van der Waals surface area contributed by atoms with Crippen molar-refractivity contribution in [2.24, 2.45) is 5.10 Å². The van der Waals surface area contributed by atoms with E-state index < -0.39 is 22.5 Å². The number of halogens is 3. The fourth-order valence-corrected chi connectivity index (χ4v) is 6.23. The minimum absolute atomic E-state index is 0.0164. The van der Waals surface area contributed by atoms with Gasteiger partial charge in [-0.3, -0.25) is 9.10 Å². The summed E-state index contributed by atoms with van der Waals surface area (Å²) in [6.45, 7) is 3.38. The van der Waals surface area contributed by atoms with Crippen LogP contribution in [0.2, 0.25) is 10.0 Å². The molecule has 0 bridgehead atoms. The van der Waals surface area contributed by atoms with E-state index in [4.69, 9.17) is 23.2 Å². The summed E-state index contributed by atoms with van der Waals surface area (Å²) < 4.78 is 30.9. The number of rotatable bonds is 8. The van der Waals surface area contributed by atoms with Gasteiger partial charge >= 0.3 is 0 Å². The molecule has 7 nitrogen and oxygen atoms in total. The monoisotopic (exact) mass is 632 g/mol. The molecule has 1 heterocycles. The minimum atomic E-state index is -4.12. The number of hydrogen-bond donors (Lipinski definition) is 1. The molecule has 4 aromatic rings. The molecule has 1 N–H and O–H groups in total. The smallest absolute Gasteiger partial charge is 0.264 e. The molecule has 38 heavy (non-hydrogen) atoms. The van der Waals surface area contributed by atoms with Crippen LogP contribution in [0.15, 0.2) is 93.3 Å². The fourth-order valence-electron chi connectivity index (χ4n) is 3.95. The average Bonchev–Trinajstić information content (AvgIpc) is 3.16. The van der Waals surface area contributed by atoms with Crippen molar-refractivity contribution in [1.82, 2.24) is 9.99 Å². The normalized spacial score (nSPS) is 11.6. The van der Waals surface area contributed by atoms with Crippen molar-refractivity contribution in [3.63, 3.8) is 0 Å². The van der Waals surface area contributed by atoms with Crippen LogP contribution in [0.3, 0.4) is 0 Å². The van der Waals surface area contributed by atoms with Crippen LogP contribution in [-0.2, 0) is 14.8 Å². The number of hydrogen-bond acceptors (Lipinski definition) is 4. The lowest BCUT2D eigenvalue weighted by atomic mass is 10.2. The van der Waals surface area contributed by atoms with Gasteiger partial charge in [0.05, 0.1) is 21.8 Å². The quantitative estimate of drug-likeness (QED) is 0.177. The first kappa shape index (κ1) is 27.9. The Morgan fingerprint density at radius 2 is 1.71 bits per heavy atom. The molecule has 0 saturated carbocycles. The van der Waals surface area contributed by atoms with Gasteiger partial charge in [0.1, 0.15) is 6.54 Å². The molecule has 0 aliphatic heterocycles. The van der Waals surface area contributed by atoms with Gasteiger partial charge in [0, 0.05) is 32.1 Å². The number of amides is 1. The molecule has 0 saturated heterocycles. The molecule has 1 amide bonds. The van der Waals surface area contributed by atoms with Crippen LogP contribution < -0.4 is 9.73 Å². The van der Waals surface area contributed by atoms with Crippen LogP contribution >= 0.6 is 39.1 Å². The Hall–Kier alpha value is -3.11. The van der Waals surface area contributed by atoms with Crippen molar-refractivity contribution < 1.29 is 13.2 Å². The van der Waals surface area contributed by atoms with Gasteiger partial charge in [-0.15, -0.1) is 0 Å². The summed E-state index contributed by atoms with van der Waals surface area (Å²) in [5.74, 6) is -0.645. The highest BCUT2D eigenvalue weighted by atomic mass is 79.9. The largest absolute Gasteiger partial charge is 0.318 e. The van der Waals surface area contributed by atoms with Crippen molar-refractivity contribution in [3.05, 3.63) is 110 Å². The summed E-state index contributed by atoms with van der Waals surface area (Å²) in [5.41, 5.74) is 6.28. The van der Waals surface area contributed by atoms with E-state index in [1.54, 1.807) is 18.2 Å². The number of hydrazone groups is 1. The number of carbonyl (C=O) groups is 1. The van der Waals surface area contributed by atoms with E-state index in [0.717, 1.165) is 31.4 Å². The minimum Gasteiger partial charge on any atom is -0.318 e. The summed E-state index contributed by atoms with van der Waals surface area (Å²) in [5, 5.41) is 4.51. The van der Waals surface area contributed by atoms with Crippen molar-refractivity contribution >= 4 is 67.0 Å². The highest BCUT2D eigenvalue weighted by Crippen LogP contribution is 2.32. The molecule has 1 aromatic heterocycles. The fraction of sp³-hybridized carbons (Fsp3) is 0.111. The van der Waals surface area contributed by atoms with E-state index in [9.17, 15) is 13.2 Å². The van der Waals surface area contributed by atoms with Gasteiger partial charge in [-0.1, -0.05) is 57.3 Å². The molecule has 11 heteroatoms. The number of nitrogens with zero attached hydrogens (tertiary/aromatic N) is 3. The molecule has 0 aliphatic rings. The third-order valence-corrected chi connectivity index (χ3v) is 8.59. The highest BCUT2D eigenvalue weighted by molar-refractivity contribution is 9.10. The third-order valence-electron chi connectivity index (χ3n) is 5.74. The van der Waals surface area contributed by atoms with Crippen LogP contribution in [0.1, 0.15) is 17.0 Å². The molecular formula is C27H23BrCl2N4O3S. The van der Waals surface area contributed by atoms with Crippen LogP contribution in [0.4, 0.5) is 5.69 Å². The number of aryl methyl sites for hydroxylation is 1. The van der Waals surface area contributed by atoms with E-state index in [-0.39, 0.29) is 15.6 Å². The maximum absolute atomic E-state index is 13.5. The number of aromatic nitrogens is 1. The summed E-state index contributed by atoms with van der Waals surface area (Å²) in [7, 11) is -4.12. The third kappa shape index (κ3) is 6.13. The second-order valence-electron chi connectivity index (χ2n) is 8.35. The summed E-state index contributed by atoms with van der Waals surface area (Å²) in [6.07, 6.45) is 1.53. The van der Waals surface area contributed by atoms with E-state index in [1.807, 2.05) is 44.2 Å². The van der Waals surface area contributed by atoms with Crippen molar-refractivity contribution in [2.45, 2.75) is 18.7 Å². The van der Waals surface area contributed by atoms with E-state index in [2.05, 4.69) is 31.0 Å². The van der Waals surface area contributed by atoms with Gasteiger partial charge in [0.25, 0.3) is 15.9 Å². The van der Waals surface area contributed by atoms with E-state index in [1.165, 1.54) is 36.5 Å². The molecule has 0 fully saturated rings. The van der Waals surface area contributed by atoms with Crippen LogP contribution in [0.5, 0.6) is 0 Å². The maximum Gasteiger partial charge on any atom is 0.264 e. The number of anilines is 1. The van der Waals surface area contributed by atoms with Crippen LogP contribution in [0, 0.1) is 13.8 Å². The van der Waals surface area contributed by atoms with Crippen molar-refractivity contribution in [2.75, 3.05) is 10.8 Å². The Morgan fingerprint density at radius 3 is 2.37 bits per heavy atom. The predicted octanol–water partition coefficient (Wildman–Crippen LogP) is 6.51. The zero-order valence-electron chi connectivity index (χ0n) is 20.4. The van der Waals surface area contributed by atoms with Gasteiger partial charge in [-0.05, 0) is 74.5 Å². The van der Waals surface area contributed by atoms with E-state index in [0.29, 0.717) is 5.02 Å². The van der Waals surface area contributed by atoms with Gasteiger partial charge in [-0.2, -0.15) is 5.10 Å². The molecule has 0 radical (unpaired) electrons. The Kier molecular flexibility index (Phi) is 8.62. The highest BCUT2D eigenvalue weighted by Gasteiger charge is 2.28. The Bertz CT molecular complexity index is 1610. The molecule has 0 spiro atoms. The second-order valence-corrected chi connectivity index (χ2v) is 12.0. The number of benzene rings is 3. The zero-order valence-corrected chi connectivity index (χ0v) is 24.3. The maximum atomic E-state index is 13.5. The molecule has 0 unspecified atom stereocenters. The molecule has 196 valence electrons. The van der Waals surface area contributed by atoms with Crippen LogP contribution in [-0.4, -0.2) is 31.7 Å². The standard InChI is InChI=1S/C27H23BrCl2N4O3S/c1-18-14-20(19(2)34(18)23-11-8-21(28)9-12-23)16-31-32-27(35)17-33(26-13-10-22(29)15-25(26)30)38(36,37)24-6-4-3-5-7-24/h3-16H,17H2,1-2H3,(H,32,35)/b31-16+. The molecular weight excluding hydrogens is 611 g/mol. The Balaban J connectivity index is 1.56. The van der Waals surface area contributed by atoms with E-state index >= 15 is 0 Å². The number of sulfonamides is 1. The number of nitrogens with one attached hydrogen (secondary N) is 1. The van der Waals surface area contributed by atoms with Gasteiger partial charge in [0.2, 0.25) is 0 Å². The van der Waals surface area contributed by atoms with Gasteiger partial charge < -0.3 is 4.57 Å². The lowest BCUT2D eigenvalue weighted by Crippen LogP contribution is -2.39. The molecule has 0 atom stereocenters. The first-order chi connectivity index (χ1) is 18.1. The first-order valence-electron chi connectivity index (χ1n) is 11.4. The topological polar surface area (TPSA) is 83.8 Å². The van der Waals surface area contributed by atoms with Crippen LogP contribution in [0.25, 0.3) is 5.69 Å². The zero-order chi connectivity index (χ0) is 27.4. The summed E-state index contributed by atoms with van der Waals surface area (Å²) in [4.78, 5) is 12.9. The van der Waals surface area contributed by atoms with Crippen molar-refractivity contribution in [1.29, 1.82) is 0 Å². The summed E-state index contributed by atoms with van der Waals surface area (Å²) in [6, 6.07) is 22.1. The Morgan fingerprint density at radius 1 is 1.03 bits per heavy atom.